The number of nitrogens with zero attached hydrogens (tertiary/aromatic N) is 2. The van der Waals surface area contributed by atoms with Gasteiger partial charge in [0.2, 0.25) is 0 Å². The highest BCUT2D eigenvalue weighted by molar-refractivity contribution is 14.0. The zero-order valence-corrected chi connectivity index (χ0v) is 19.7. The molecule has 7 heteroatoms. The molecule has 3 rings (SSSR count). The monoisotopic (exact) mass is 508 g/mol. The summed E-state index contributed by atoms with van der Waals surface area (Å²) in [6, 6.07) is 11.9. The highest BCUT2D eigenvalue weighted by atomic mass is 127. The number of nitrogens with one attached hydrogen (secondary N) is 2. The molecule has 29 heavy (non-hydrogen) atoms. The van der Waals surface area contributed by atoms with Crippen molar-refractivity contribution in [2.24, 2.45) is 4.99 Å². The number of aliphatic hydroxyl groups is 1. The fraction of sp³-hybridized carbons (Fsp3) is 0.364. The van der Waals surface area contributed by atoms with Gasteiger partial charge in [-0.05, 0) is 51.5 Å². The van der Waals surface area contributed by atoms with E-state index in [1.165, 1.54) is 0 Å². The number of furan rings is 1. The van der Waals surface area contributed by atoms with Crippen molar-refractivity contribution in [3.05, 3.63) is 65.2 Å². The van der Waals surface area contributed by atoms with Gasteiger partial charge >= 0.3 is 0 Å². The number of benzene rings is 1. The van der Waals surface area contributed by atoms with Gasteiger partial charge in [-0.15, -0.1) is 24.0 Å². The Morgan fingerprint density at radius 1 is 1.21 bits per heavy atom. The summed E-state index contributed by atoms with van der Waals surface area (Å²) in [6.07, 6.45) is 1.81. The fourth-order valence-electron chi connectivity index (χ4n) is 3.32. The number of halogens is 1. The molecule has 156 valence electrons. The van der Waals surface area contributed by atoms with Crippen LogP contribution in [-0.2, 0) is 12.1 Å². The molecule has 0 aliphatic carbocycles. The van der Waals surface area contributed by atoms with Crippen molar-refractivity contribution in [1.29, 1.82) is 0 Å². The second-order valence-electron chi connectivity index (χ2n) is 7.14. The van der Waals surface area contributed by atoms with Crippen LogP contribution < -0.4 is 10.6 Å². The van der Waals surface area contributed by atoms with Crippen molar-refractivity contribution >= 4 is 40.8 Å². The summed E-state index contributed by atoms with van der Waals surface area (Å²) in [5.41, 5.74) is 1.78. The van der Waals surface area contributed by atoms with Gasteiger partial charge in [0.1, 0.15) is 17.1 Å². The average molecular weight is 508 g/mol. The standard InChI is InChI=1S/C22H28N4O2.HI/c1-5-23-21(26-14-22(4,27)19-12-15(2)28-16(19)3)25-13-17-10-11-24-20-9-7-6-8-18(17)20;/h6-12,27H,5,13-14H2,1-4H3,(H2,23,25,26);1H. The lowest BCUT2D eigenvalue weighted by Gasteiger charge is -2.24. The van der Waals surface area contributed by atoms with Crippen LogP contribution in [0.25, 0.3) is 10.9 Å². The van der Waals surface area contributed by atoms with E-state index in [9.17, 15) is 5.11 Å². The molecule has 1 unspecified atom stereocenters. The molecule has 0 saturated heterocycles. The maximum atomic E-state index is 10.9. The van der Waals surface area contributed by atoms with Crippen LogP contribution in [0.4, 0.5) is 0 Å². The maximum Gasteiger partial charge on any atom is 0.191 e. The number of fused-ring (bicyclic) bond motifs is 1. The lowest BCUT2D eigenvalue weighted by atomic mass is 9.96. The number of aliphatic imine (C=N–C) groups is 1. The van der Waals surface area contributed by atoms with E-state index in [1.54, 1.807) is 6.92 Å². The molecule has 0 amide bonds. The van der Waals surface area contributed by atoms with Gasteiger partial charge < -0.3 is 20.2 Å². The molecular weight excluding hydrogens is 479 g/mol. The zero-order chi connectivity index (χ0) is 20.1. The van der Waals surface area contributed by atoms with Crippen molar-refractivity contribution in [3.8, 4) is 0 Å². The fourth-order valence-corrected chi connectivity index (χ4v) is 3.32. The average Bonchev–Trinajstić information content (AvgIpc) is 3.03. The van der Waals surface area contributed by atoms with E-state index >= 15 is 0 Å². The predicted molar refractivity (Wildman–Crippen MR) is 128 cm³/mol. The normalized spacial score (nSPS) is 13.6. The number of hydrogen-bond donors (Lipinski definition) is 3. The van der Waals surface area contributed by atoms with Gasteiger partial charge in [-0.25, -0.2) is 4.99 Å². The van der Waals surface area contributed by atoms with E-state index in [2.05, 4.69) is 21.7 Å². The molecule has 3 N–H and O–H groups in total. The van der Waals surface area contributed by atoms with Crippen LogP contribution in [0.3, 0.4) is 0 Å². The number of hydrogen-bond acceptors (Lipinski definition) is 4. The summed E-state index contributed by atoms with van der Waals surface area (Å²) in [6.45, 7) is 9.10. The number of para-hydroxylation sites is 1. The van der Waals surface area contributed by atoms with Crippen molar-refractivity contribution in [1.82, 2.24) is 15.6 Å². The molecule has 2 heterocycles. The van der Waals surface area contributed by atoms with Crippen LogP contribution in [0.5, 0.6) is 0 Å². The highest BCUT2D eigenvalue weighted by Crippen LogP contribution is 2.26. The molecule has 6 nitrogen and oxygen atoms in total. The first-order chi connectivity index (χ1) is 13.4. The summed E-state index contributed by atoms with van der Waals surface area (Å²) in [7, 11) is 0. The summed E-state index contributed by atoms with van der Waals surface area (Å²) in [5.74, 6) is 2.17. The topological polar surface area (TPSA) is 82.7 Å². The molecular formula is C22H29IN4O2. The first kappa shape index (κ1) is 23.2. The van der Waals surface area contributed by atoms with Gasteiger partial charge in [-0.1, -0.05) is 18.2 Å². The van der Waals surface area contributed by atoms with Crippen LogP contribution in [0.15, 0.2) is 52.0 Å². The highest BCUT2D eigenvalue weighted by Gasteiger charge is 2.27. The molecule has 0 spiro atoms. The van der Waals surface area contributed by atoms with Crippen LogP contribution in [-0.4, -0.2) is 29.1 Å². The van der Waals surface area contributed by atoms with Gasteiger partial charge in [-0.2, -0.15) is 0 Å². The van der Waals surface area contributed by atoms with Crippen molar-refractivity contribution < 1.29 is 9.52 Å². The van der Waals surface area contributed by atoms with Gasteiger partial charge in [-0.3, -0.25) is 4.98 Å². The summed E-state index contributed by atoms with van der Waals surface area (Å²) < 4.78 is 5.56. The smallest absolute Gasteiger partial charge is 0.191 e. The molecule has 0 aliphatic heterocycles. The first-order valence-electron chi connectivity index (χ1n) is 9.55. The summed E-state index contributed by atoms with van der Waals surface area (Å²) >= 11 is 0. The van der Waals surface area contributed by atoms with Gasteiger partial charge in [0.05, 0.1) is 18.6 Å². The molecule has 1 aromatic carbocycles. The molecule has 0 radical (unpaired) electrons. The Hall–Kier alpha value is -2.13. The third-order valence-corrected chi connectivity index (χ3v) is 4.71. The molecule has 2 aromatic heterocycles. The van der Waals surface area contributed by atoms with Crippen molar-refractivity contribution in [3.63, 3.8) is 0 Å². The van der Waals surface area contributed by atoms with E-state index in [0.29, 0.717) is 19.0 Å². The molecule has 0 aliphatic rings. The predicted octanol–water partition coefficient (Wildman–Crippen LogP) is 4.03. The van der Waals surface area contributed by atoms with Crippen LogP contribution in [0.1, 0.15) is 36.5 Å². The minimum Gasteiger partial charge on any atom is -0.466 e. The Kier molecular flexibility index (Phi) is 8.04. The van der Waals surface area contributed by atoms with Gasteiger partial charge in [0, 0.05) is 23.7 Å². The Morgan fingerprint density at radius 2 is 1.97 bits per heavy atom. The SMILES string of the molecule is CCNC(=NCc1ccnc2ccccc12)NCC(C)(O)c1cc(C)oc1C.I. The quantitative estimate of drug-likeness (QED) is 0.266. The van der Waals surface area contributed by atoms with Gasteiger partial charge in [0.25, 0.3) is 0 Å². The zero-order valence-electron chi connectivity index (χ0n) is 17.3. The van der Waals surface area contributed by atoms with Crippen LogP contribution in [0, 0.1) is 13.8 Å². The van der Waals surface area contributed by atoms with Crippen molar-refractivity contribution in [2.45, 2.75) is 39.8 Å². The Labute approximate surface area is 188 Å². The van der Waals surface area contributed by atoms with E-state index < -0.39 is 5.60 Å². The summed E-state index contributed by atoms with van der Waals surface area (Å²) in [5, 5.41) is 18.5. The molecule has 0 saturated carbocycles. The Bertz CT molecular complexity index is 977. The number of aryl methyl sites for hydroxylation is 2. The number of pyridine rings is 1. The molecule has 0 fully saturated rings. The number of aromatic nitrogens is 1. The molecule has 1 atom stereocenters. The summed E-state index contributed by atoms with van der Waals surface area (Å²) in [4.78, 5) is 9.09. The Balaban J connectivity index is 0.00000300. The van der Waals surface area contributed by atoms with Crippen LogP contribution >= 0.6 is 24.0 Å². The van der Waals surface area contributed by atoms with Crippen LogP contribution in [0.2, 0.25) is 0 Å². The van der Waals surface area contributed by atoms with E-state index in [1.807, 2.05) is 57.3 Å². The minimum absolute atomic E-state index is 0. The minimum atomic E-state index is -1.07. The third-order valence-electron chi connectivity index (χ3n) is 4.71. The Morgan fingerprint density at radius 3 is 2.66 bits per heavy atom. The number of guanidine groups is 1. The lowest BCUT2D eigenvalue weighted by Crippen LogP contribution is -2.44. The first-order valence-corrected chi connectivity index (χ1v) is 9.55. The van der Waals surface area contributed by atoms with E-state index in [0.717, 1.165) is 40.1 Å². The molecule has 0 bridgehead atoms. The lowest BCUT2D eigenvalue weighted by molar-refractivity contribution is 0.0601. The second-order valence-corrected chi connectivity index (χ2v) is 7.14. The van der Waals surface area contributed by atoms with Gasteiger partial charge in [0.15, 0.2) is 5.96 Å². The van der Waals surface area contributed by atoms with E-state index in [4.69, 9.17) is 9.41 Å². The maximum absolute atomic E-state index is 10.9. The van der Waals surface area contributed by atoms with E-state index in [-0.39, 0.29) is 24.0 Å². The molecule has 3 aromatic rings. The second kappa shape index (κ2) is 10.1. The van der Waals surface area contributed by atoms with Crippen molar-refractivity contribution in [2.75, 3.05) is 13.1 Å². The number of rotatable bonds is 6. The largest absolute Gasteiger partial charge is 0.466 e. The third kappa shape index (κ3) is 5.70.